The largest absolute Gasteiger partial charge is 0.490 e. The first kappa shape index (κ1) is 27.4. The molecule has 0 saturated carbocycles. The van der Waals surface area contributed by atoms with Gasteiger partial charge in [0.25, 0.3) is 5.91 Å². The number of fused-ring (bicyclic) bond motifs is 1. The average Bonchev–Trinajstić information content (AvgIpc) is 3.07. The Balaban J connectivity index is 1.83. The van der Waals surface area contributed by atoms with Crippen LogP contribution in [0, 0.1) is 10.1 Å². The van der Waals surface area contributed by atoms with Crippen molar-refractivity contribution in [1.29, 1.82) is 0 Å². The number of rotatable bonds is 7. The van der Waals surface area contributed by atoms with E-state index in [4.69, 9.17) is 15.2 Å². The number of benzene rings is 3. The zero-order valence-corrected chi connectivity index (χ0v) is 22.5. The molecule has 2 N–H and O–H groups in total. The molecule has 2 aliphatic rings. The number of methoxy groups -OCH3 is 2. The number of nitrogens with two attached hydrogens (primary N) is 1. The van der Waals surface area contributed by atoms with E-state index >= 15 is 0 Å². The summed E-state index contributed by atoms with van der Waals surface area (Å²) < 4.78 is 11.3. The summed E-state index contributed by atoms with van der Waals surface area (Å²) in [6.45, 7) is 0.219. The number of ether oxygens (including phenoxy) is 2. The smallest absolute Gasteiger partial charge is 0.310 e. The summed E-state index contributed by atoms with van der Waals surface area (Å²) in [5, 5.41) is 11.5. The van der Waals surface area contributed by atoms with Crippen LogP contribution in [-0.2, 0) is 26.5 Å². The summed E-state index contributed by atoms with van der Waals surface area (Å²) in [5.41, 5.74) is 9.02. The highest BCUT2D eigenvalue weighted by Crippen LogP contribution is 2.41. The molecule has 5 rings (SSSR count). The van der Waals surface area contributed by atoms with Crippen molar-refractivity contribution in [1.82, 2.24) is 0 Å². The van der Waals surface area contributed by atoms with Gasteiger partial charge in [0.15, 0.2) is 17.1 Å². The van der Waals surface area contributed by atoms with Crippen molar-refractivity contribution >= 4 is 29.7 Å². The summed E-state index contributed by atoms with van der Waals surface area (Å²) in [7, 11) is 2.78. The number of aliphatic imine (C=N–C) groups is 1. The number of nitrogens with zero attached hydrogens (tertiary/aromatic N) is 2. The van der Waals surface area contributed by atoms with Gasteiger partial charge in [-0.05, 0) is 52.1 Å². The van der Waals surface area contributed by atoms with E-state index in [1.165, 1.54) is 20.3 Å². The SMILES string of the molecule is COc1cc(-c2cc3c(c([C@@](OC)(C(N)=O)c4ccccc4)c2)C=CC2=C(C=CCC2=O)C=NC3)ccc1[N+](=O)[O-]. The number of amides is 1. The lowest BCUT2D eigenvalue weighted by Gasteiger charge is -2.33. The molecule has 1 amide bonds. The number of ketones is 1. The molecule has 206 valence electrons. The van der Waals surface area contributed by atoms with Crippen molar-refractivity contribution in [2.75, 3.05) is 14.2 Å². The second kappa shape index (κ2) is 11.1. The molecule has 0 radical (unpaired) electrons. The summed E-state index contributed by atoms with van der Waals surface area (Å²) in [4.78, 5) is 41.8. The molecule has 9 nitrogen and oxygen atoms in total. The fraction of sp³-hybridized carbons (Fsp3) is 0.156. The highest BCUT2D eigenvalue weighted by molar-refractivity contribution is 6.08. The van der Waals surface area contributed by atoms with Crippen LogP contribution in [0.2, 0.25) is 0 Å². The number of Topliss-reactive ketones (excluding diaryl/α,β-unsaturated/α-hetero) is 1. The topological polar surface area (TPSA) is 134 Å². The number of nitro benzene ring substituents is 1. The molecule has 0 fully saturated rings. The third kappa shape index (κ3) is 4.87. The number of hydrogen-bond donors (Lipinski definition) is 1. The molecule has 1 heterocycles. The van der Waals surface area contributed by atoms with Crippen LogP contribution < -0.4 is 10.5 Å². The average molecular weight is 550 g/mol. The van der Waals surface area contributed by atoms with Gasteiger partial charge < -0.3 is 15.2 Å². The molecular formula is C32H27N3O6. The van der Waals surface area contributed by atoms with Crippen LogP contribution in [-0.4, -0.2) is 37.0 Å². The van der Waals surface area contributed by atoms with Gasteiger partial charge in [-0.1, -0.05) is 54.6 Å². The molecule has 0 spiro atoms. The van der Waals surface area contributed by atoms with Crippen LogP contribution >= 0.6 is 0 Å². The first-order valence-electron chi connectivity index (χ1n) is 12.8. The Labute approximate surface area is 236 Å². The summed E-state index contributed by atoms with van der Waals surface area (Å²) >= 11 is 0. The molecular weight excluding hydrogens is 522 g/mol. The third-order valence-corrected chi connectivity index (χ3v) is 7.31. The maximum atomic E-state index is 13.4. The minimum absolute atomic E-state index is 0.0410. The Kier molecular flexibility index (Phi) is 7.45. The van der Waals surface area contributed by atoms with E-state index in [2.05, 4.69) is 4.99 Å². The molecule has 1 aliphatic carbocycles. The lowest BCUT2D eigenvalue weighted by molar-refractivity contribution is -0.385. The Morgan fingerprint density at radius 2 is 1.80 bits per heavy atom. The van der Waals surface area contributed by atoms with Crippen LogP contribution in [0.5, 0.6) is 5.75 Å². The molecule has 0 bridgehead atoms. The standard InChI is InChI=1S/C32H27N3O6/c1-40-30-17-20(11-14-28(30)35(38)39)22-15-23-19-34-18-21-7-6-10-29(36)26(21)13-12-25(23)27(16-22)32(41-2,31(33)37)24-8-4-3-5-9-24/h3-9,11-18H,10,19H2,1-2H3,(H2,33,37)/t32-/m1/s1. The maximum absolute atomic E-state index is 13.4. The van der Waals surface area contributed by atoms with Crippen molar-refractivity contribution in [2.45, 2.75) is 18.6 Å². The van der Waals surface area contributed by atoms with Crippen molar-refractivity contribution in [3.8, 4) is 16.9 Å². The van der Waals surface area contributed by atoms with E-state index in [1.807, 2.05) is 18.2 Å². The third-order valence-electron chi connectivity index (χ3n) is 7.31. The fourth-order valence-electron chi connectivity index (χ4n) is 5.30. The van der Waals surface area contributed by atoms with E-state index in [9.17, 15) is 19.7 Å². The fourth-order valence-corrected chi connectivity index (χ4v) is 5.30. The normalized spacial score (nSPS) is 15.7. The van der Waals surface area contributed by atoms with Gasteiger partial charge in [0, 0.05) is 42.5 Å². The van der Waals surface area contributed by atoms with E-state index in [0.717, 1.165) is 5.56 Å². The monoisotopic (exact) mass is 549 g/mol. The molecule has 3 aromatic carbocycles. The van der Waals surface area contributed by atoms with Gasteiger partial charge in [0.2, 0.25) is 0 Å². The quantitative estimate of drug-likeness (QED) is 0.323. The van der Waals surface area contributed by atoms with E-state index in [0.29, 0.717) is 39.0 Å². The number of carbonyl (C=O) groups excluding carboxylic acids is 2. The zero-order chi connectivity index (χ0) is 29.1. The second-order valence-corrected chi connectivity index (χ2v) is 9.56. The Hall–Kier alpha value is -5.15. The van der Waals surface area contributed by atoms with E-state index in [1.54, 1.807) is 66.9 Å². The zero-order valence-electron chi connectivity index (χ0n) is 22.5. The van der Waals surface area contributed by atoms with Crippen LogP contribution in [0.3, 0.4) is 0 Å². The van der Waals surface area contributed by atoms with Gasteiger partial charge in [-0.2, -0.15) is 0 Å². The lowest BCUT2D eigenvalue weighted by atomic mass is 9.79. The number of nitro groups is 1. The van der Waals surface area contributed by atoms with Crippen molar-refractivity contribution < 1.29 is 24.0 Å². The molecule has 3 aromatic rings. The summed E-state index contributed by atoms with van der Waals surface area (Å²) in [6.07, 6.45) is 9.15. The minimum atomic E-state index is -1.71. The number of hydrogen-bond acceptors (Lipinski definition) is 7. The van der Waals surface area contributed by atoms with E-state index in [-0.39, 0.29) is 30.2 Å². The minimum Gasteiger partial charge on any atom is -0.490 e. The van der Waals surface area contributed by atoms with Crippen LogP contribution in [0.1, 0.15) is 28.7 Å². The molecule has 0 unspecified atom stereocenters. The highest BCUT2D eigenvalue weighted by Gasteiger charge is 2.43. The van der Waals surface area contributed by atoms with Gasteiger partial charge in [-0.15, -0.1) is 0 Å². The van der Waals surface area contributed by atoms with Gasteiger partial charge in [-0.3, -0.25) is 24.7 Å². The first-order chi connectivity index (χ1) is 19.8. The molecule has 41 heavy (non-hydrogen) atoms. The van der Waals surface area contributed by atoms with Gasteiger partial charge >= 0.3 is 5.69 Å². The predicted octanol–water partition coefficient (Wildman–Crippen LogP) is 5.07. The molecule has 0 saturated heterocycles. The molecule has 1 aliphatic heterocycles. The number of carbonyl (C=O) groups is 2. The summed E-state index contributed by atoms with van der Waals surface area (Å²) in [6, 6.07) is 17.2. The Bertz CT molecular complexity index is 1690. The van der Waals surface area contributed by atoms with E-state index < -0.39 is 16.4 Å². The Morgan fingerprint density at radius 3 is 2.49 bits per heavy atom. The van der Waals surface area contributed by atoms with Gasteiger partial charge in [-0.25, -0.2) is 0 Å². The molecule has 9 heteroatoms. The van der Waals surface area contributed by atoms with Crippen LogP contribution in [0.4, 0.5) is 5.69 Å². The maximum Gasteiger partial charge on any atom is 0.310 e. The van der Waals surface area contributed by atoms with Gasteiger partial charge in [0.05, 0.1) is 18.6 Å². The Morgan fingerprint density at radius 1 is 1.02 bits per heavy atom. The second-order valence-electron chi connectivity index (χ2n) is 9.56. The van der Waals surface area contributed by atoms with Crippen LogP contribution in [0.25, 0.3) is 17.2 Å². The number of primary amides is 1. The first-order valence-corrected chi connectivity index (χ1v) is 12.8. The molecule has 1 atom stereocenters. The van der Waals surface area contributed by atoms with Crippen LogP contribution in [0.15, 0.2) is 95.0 Å². The van der Waals surface area contributed by atoms with Crippen molar-refractivity contribution in [3.63, 3.8) is 0 Å². The predicted molar refractivity (Wildman–Crippen MR) is 156 cm³/mol. The van der Waals surface area contributed by atoms with Crippen molar-refractivity contribution in [3.05, 3.63) is 122 Å². The number of allylic oxidation sites excluding steroid dienone is 5. The highest BCUT2D eigenvalue weighted by atomic mass is 16.6. The molecule has 0 aromatic heterocycles. The lowest BCUT2D eigenvalue weighted by Crippen LogP contribution is -2.44. The van der Waals surface area contributed by atoms with Gasteiger partial charge in [0.1, 0.15) is 0 Å². The summed E-state index contributed by atoms with van der Waals surface area (Å²) in [5.74, 6) is -0.686. The van der Waals surface area contributed by atoms with Crippen molar-refractivity contribution in [2.24, 2.45) is 10.7 Å².